The minimum atomic E-state index is 0.466. The van der Waals surface area contributed by atoms with Crippen LogP contribution in [-0.4, -0.2) is 53.8 Å². The fraction of sp³-hybridized carbons (Fsp3) is 0.522. The monoisotopic (exact) mass is 398 g/mol. The molecular formula is C23H34N4S. The van der Waals surface area contributed by atoms with E-state index >= 15 is 0 Å². The Bertz CT molecular complexity index is 752. The second-order valence-corrected chi connectivity index (χ2v) is 8.89. The molecule has 0 radical (unpaired) electrons. The first-order valence-electron chi connectivity index (χ1n) is 10.4. The molecule has 3 rings (SSSR count). The minimum absolute atomic E-state index is 0.466. The molecule has 0 aliphatic carbocycles. The standard InChI is InChI=1S/C23H34N4S/c1-5-18(2)15-27-16-21(14-20-8-13-28-17-20)19(3)6-7-22(23(27)24)26-11-9-25(4)10-12-26/h7-8,13,15-17,19,24H,5-6,9-12,14H2,1-4H3. The molecular weight excluding hydrogens is 364 g/mol. The molecule has 5 heteroatoms. The number of rotatable bonds is 5. The van der Waals surface area contributed by atoms with E-state index in [0.29, 0.717) is 11.8 Å². The van der Waals surface area contributed by atoms with Gasteiger partial charge in [0.2, 0.25) is 0 Å². The third-order valence-electron chi connectivity index (χ3n) is 5.85. The molecule has 0 amide bonds. The Hall–Kier alpha value is -1.85. The number of thiophene rings is 1. The van der Waals surface area contributed by atoms with Crippen molar-refractivity contribution in [1.82, 2.24) is 14.7 Å². The Balaban J connectivity index is 1.90. The molecule has 152 valence electrons. The van der Waals surface area contributed by atoms with Crippen molar-refractivity contribution >= 4 is 17.2 Å². The summed E-state index contributed by atoms with van der Waals surface area (Å²) in [5.74, 6) is 1.07. The maximum absolute atomic E-state index is 9.02. The molecule has 1 aromatic rings. The molecule has 2 aliphatic rings. The first kappa shape index (κ1) is 20.9. The highest BCUT2D eigenvalue weighted by atomic mass is 32.1. The van der Waals surface area contributed by atoms with Crippen molar-refractivity contribution < 1.29 is 0 Å². The number of amidine groups is 1. The van der Waals surface area contributed by atoms with Crippen molar-refractivity contribution in [3.05, 3.63) is 57.7 Å². The molecule has 0 bridgehead atoms. The highest BCUT2D eigenvalue weighted by molar-refractivity contribution is 7.07. The minimum Gasteiger partial charge on any atom is -0.366 e. The lowest BCUT2D eigenvalue weighted by Gasteiger charge is -2.38. The molecule has 4 nitrogen and oxygen atoms in total. The summed E-state index contributed by atoms with van der Waals surface area (Å²) in [6, 6.07) is 2.21. The van der Waals surface area contributed by atoms with Gasteiger partial charge in [0.25, 0.3) is 0 Å². The van der Waals surface area contributed by atoms with Gasteiger partial charge in [-0.1, -0.05) is 25.5 Å². The van der Waals surface area contributed by atoms with Gasteiger partial charge >= 0.3 is 0 Å². The molecule has 3 heterocycles. The maximum Gasteiger partial charge on any atom is 0.152 e. The maximum atomic E-state index is 9.02. The molecule has 1 aromatic heterocycles. The average molecular weight is 399 g/mol. The summed E-state index contributed by atoms with van der Waals surface area (Å²) >= 11 is 1.76. The third kappa shape index (κ3) is 5.15. The van der Waals surface area contributed by atoms with Gasteiger partial charge in [-0.2, -0.15) is 11.3 Å². The number of nitrogens with one attached hydrogen (secondary N) is 1. The molecule has 1 atom stereocenters. The summed E-state index contributed by atoms with van der Waals surface area (Å²) in [5.41, 5.74) is 5.15. The van der Waals surface area contributed by atoms with Crippen molar-refractivity contribution in [2.24, 2.45) is 5.92 Å². The van der Waals surface area contributed by atoms with Crippen LogP contribution in [0.2, 0.25) is 0 Å². The summed E-state index contributed by atoms with van der Waals surface area (Å²) in [5, 5.41) is 13.4. The fourth-order valence-corrected chi connectivity index (χ4v) is 4.31. The quantitative estimate of drug-likeness (QED) is 0.763. The molecule has 2 aliphatic heterocycles. The van der Waals surface area contributed by atoms with E-state index in [9.17, 15) is 0 Å². The Morgan fingerprint density at radius 2 is 2.04 bits per heavy atom. The summed E-state index contributed by atoms with van der Waals surface area (Å²) in [6.45, 7) is 10.8. The van der Waals surface area contributed by atoms with Gasteiger partial charge in [-0.3, -0.25) is 5.41 Å². The van der Waals surface area contributed by atoms with E-state index in [1.165, 1.54) is 16.7 Å². The van der Waals surface area contributed by atoms with Gasteiger partial charge in [0.15, 0.2) is 5.84 Å². The van der Waals surface area contributed by atoms with Crippen LogP contribution in [0, 0.1) is 11.3 Å². The topological polar surface area (TPSA) is 33.6 Å². The predicted octanol–water partition coefficient (Wildman–Crippen LogP) is 4.94. The van der Waals surface area contributed by atoms with Gasteiger partial charge in [-0.05, 0) is 67.1 Å². The summed E-state index contributed by atoms with van der Waals surface area (Å²) in [6.07, 6.45) is 9.64. The van der Waals surface area contributed by atoms with Crippen molar-refractivity contribution in [2.45, 2.75) is 40.0 Å². The summed E-state index contributed by atoms with van der Waals surface area (Å²) in [7, 11) is 2.18. The van der Waals surface area contributed by atoms with E-state index < -0.39 is 0 Å². The van der Waals surface area contributed by atoms with Crippen LogP contribution < -0.4 is 0 Å². The number of nitrogens with zero attached hydrogens (tertiary/aromatic N) is 3. The van der Waals surface area contributed by atoms with Gasteiger partial charge in [0.1, 0.15) is 0 Å². The summed E-state index contributed by atoms with van der Waals surface area (Å²) in [4.78, 5) is 6.83. The van der Waals surface area contributed by atoms with Crippen LogP contribution in [0.15, 0.2) is 52.1 Å². The smallest absolute Gasteiger partial charge is 0.152 e. The first-order chi connectivity index (χ1) is 13.5. The Labute approximate surface area is 174 Å². The van der Waals surface area contributed by atoms with E-state index in [1.54, 1.807) is 11.3 Å². The fourth-order valence-electron chi connectivity index (χ4n) is 3.64. The third-order valence-corrected chi connectivity index (χ3v) is 6.58. The Morgan fingerprint density at radius 3 is 2.68 bits per heavy atom. The highest BCUT2D eigenvalue weighted by Gasteiger charge is 2.24. The van der Waals surface area contributed by atoms with Crippen LogP contribution in [0.1, 0.15) is 39.2 Å². The van der Waals surface area contributed by atoms with Crippen molar-refractivity contribution in [1.29, 1.82) is 5.41 Å². The molecule has 0 saturated carbocycles. The van der Waals surface area contributed by atoms with Gasteiger partial charge in [-0.25, -0.2) is 0 Å². The Morgan fingerprint density at radius 1 is 1.29 bits per heavy atom. The number of hydrogen-bond donors (Lipinski definition) is 1. The zero-order valence-electron chi connectivity index (χ0n) is 17.7. The lowest BCUT2D eigenvalue weighted by atomic mass is 9.91. The van der Waals surface area contributed by atoms with Gasteiger partial charge in [0, 0.05) is 38.6 Å². The summed E-state index contributed by atoms with van der Waals surface area (Å²) < 4.78 is 0. The predicted molar refractivity (Wildman–Crippen MR) is 121 cm³/mol. The van der Waals surface area contributed by atoms with E-state index in [4.69, 9.17) is 5.41 Å². The van der Waals surface area contributed by atoms with E-state index in [1.807, 2.05) is 0 Å². The SMILES string of the molecule is CCC(C)=CN1C=C(Cc2ccsc2)C(C)CC=C(N2CCN(C)CC2)C1=N. The van der Waals surface area contributed by atoms with Crippen molar-refractivity contribution in [2.75, 3.05) is 33.2 Å². The molecule has 28 heavy (non-hydrogen) atoms. The second kappa shape index (κ2) is 9.57. The van der Waals surface area contributed by atoms with Crippen LogP contribution in [0.4, 0.5) is 0 Å². The zero-order valence-corrected chi connectivity index (χ0v) is 18.6. The van der Waals surface area contributed by atoms with Crippen LogP contribution >= 0.6 is 11.3 Å². The molecule has 1 fully saturated rings. The normalized spacial score (nSPS) is 22.6. The molecule has 1 unspecified atom stereocenters. The van der Waals surface area contributed by atoms with Gasteiger partial charge in [-0.15, -0.1) is 0 Å². The largest absolute Gasteiger partial charge is 0.366 e. The second-order valence-electron chi connectivity index (χ2n) is 8.11. The molecule has 1 N–H and O–H groups in total. The average Bonchev–Trinajstić information content (AvgIpc) is 3.20. The van der Waals surface area contributed by atoms with Crippen LogP contribution in [0.5, 0.6) is 0 Å². The van der Waals surface area contributed by atoms with Gasteiger partial charge in [0.05, 0.1) is 5.70 Å². The molecule has 0 aromatic carbocycles. The van der Waals surface area contributed by atoms with Crippen molar-refractivity contribution in [3.63, 3.8) is 0 Å². The first-order valence-corrected chi connectivity index (χ1v) is 11.3. The number of likely N-dealkylation sites (N-methyl/N-ethyl adjacent to an activating group) is 1. The lowest BCUT2D eigenvalue weighted by molar-refractivity contribution is 0.190. The number of hydrogen-bond acceptors (Lipinski definition) is 4. The van der Waals surface area contributed by atoms with Crippen LogP contribution in [0.25, 0.3) is 0 Å². The Kier molecular flexibility index (Phi) is 7.13. The van der Waals surface area contributed by atoms with E-state index in [-0.39, 0.29) is 0 Å². The van der Waals surface area contributed by atoms with Crippen molar-refractivity contribution in [3.8, 4) is 0 Å². The van der Waals surface area contributed by atoms with Gasteiger partial charge < -0.3 is 14.7 Å². The van der Waals surface area contributed by atoms with E-state index in [0.717, 1.165) is 51.1 Å². The van der Waals surface area contributed by atoms with E-state index in [2.05, 4.69) is 77.8 Å². The van der Waals surface area contributed by atoms with Crippen LogP contribution in [0.3, 0.4) is 0 Å². The number of allylic oxidation sites excluding steroid dienone is 3. The highest BCUT2D eigenvalue weighted by Crippen LogP contribution is 2.27. The molecule has 1 saturated heterocycles. The zero-order chi connectivity index (χ0) is 20.1. The van der Waals surface area contributed by atoms with Crippen LogP contribution in [-0.2, 0) is 6.42 Å². The molecule has 0 spiro atoms. The number of piperazine rings is 1. The lowest BCUT2D eigenvalue weighted by Crippen LogP contribution is -2.46.